The predicted molar refractivity (Wildman–Crippen MR) is 123 cm³/mol. The summed E-state index contributed by atoms with van der Waals surface area (Å²) in [4.78, 5) is 14.7. The number of methoxy groups -OCH3 is 1. The molecule has 3 aromatic rings. The largest absolute Gasteiger partial charge is 0.497 e. The van der Waals surface area contributed by atoms with Gasteiger partial charge in [0.1, 0.15) is 11.8 Å². The third kappa shape index (κ3) is 4.70. The van der Waals surface area contributed by atoms with Crippen LogP contribution in [-0.2, 0) is 27.9 Å². The zero-order valence-electron chi connectivity index (χ0n) is 18.1. The highest BCUT2D eigenvalue weighted by molar-refractivity contribution is 7.89. The fraction of sp³-hybridized carbons (Fsp3) is 0.208. The number of nitrogens with one attached hydrogen (secondary N) is 1. The van der Waals surface area contributed by atoms with Crippen LogP contribution in [0.25, 0.3) is 0 Å². The first-order valence-corrected chi connectivity index (χ1v) is 11.8. The molecule has 9 heteroatoms. The lowest BCUT2D eigenvalue weighted by Gasteiger charge is -2.30. The number of nitrogens with zero attached hydrogens (tertiary/aromatic N) is 2. The molecular formula is C24H25N3O5S. The Balaban J connectivity index is 1.78. The van der Waals surface area contributed by atoms with Gasteiger partial charge >= 0.3 is 0 Å². The number of ether oxygens (including phenoxy) is 1. The monoisotopic (exact) mass is 467 g/mol. The van der Waals surface area contributed by atoms with E-state index in [1.54, 1.807) is 17.6 Å². The van der Waals surface area contributed by atoms with Crippen LogP contribution >= 0.6 is 0 Å². The molecule has 0 spiro atoms. The zero-order valence-corrected chi connectivity index (χ0v) is 18.9. The van der Waals surface area contributed by atoms with Crippen molar-refractivity contribution >= 4 is 21.6 Å². The van der Waals surface area contributed by atoms with E-state index in [0.717, 1.165) is 21.1 Å². The topological polar surface area (TPSA) is 99.2 Å². The van der Waals surface area contributed by atoms with Crippen molar-refractivity contribution in [1.29, 1.82) is 0 Å². The Bertz CT molecular complexity index is 1220. The Morgan fingerprint density at radius 2 is 1.70 bits per heavy atom. The van der Waals surface area contributed by atoms with Gasteiger partial charge in [-0.25, -0.2) is 13.9 Å². The zero-order chi connectivity index (χ0) is 23.4. The molecule has 0 saturated carbocycles. The van der Waals surface area contributed by atoms with Crippen molar-refractivity contribution in [3.63, 3.8) is 0 Å². The van der Waals surface area contributed by atoms with Crippen LogP contribution in [-0.4, -0.2) is 43.5 Å². The van der Waals surface area contributed by atoms with Gasteiger partial charge in [0.15, 0.2) is 0 Å². The summed E-state index contributed by atoms with van der Waals surface area (Å²) in [5, 5.41) is 9.44. The van der Waals surface area contributed by atoms with E-state index in [4.69, 9.17) is 4.74 Å². The minimum Gasteiger partial charge on any atom is -0.497 e. The predicted octanol–water partition coefficient (Wildman–Crippen LogP) is 2.78. The van der Waals surface area contributed by atoms with Crippen LogP contribution in [0.5, 0.6) is 5.75 Å². The van der Waals surface area contributed by atoms with Gasteiger partial charge in [0.2, 0.25) is 10.0 Å². The van der Waals surface area contributed by atoms with E-state index < -0.39 is 22.0 Å². The molecule has 0 aliphatic carbocycles. The number of hydrogen-bond acceptors (Lipinski definition) is 6. The van der Waals surface area contributed by atoms with Crippen LogP contribution in [0.3, 0.4) is 0 Å². The average Bonchev–Trinajstić information content (AvgIpc) is 3.02. The second-order valence-electron chi connectivity index (χ2n) is 7.71. The molecule has 0 aromatic heterocycles. The van der Waals surface area contributed by atoms with E-state index >= 15 is 0 Å². The fourth-order valence-electron chi connectivity index (χ4n) is 4.01. The molecule has 1 heterocycles. The maximum Gasteiger partial charge on any atom is 0.263 e. The number of hydroxylamine groups is 1. The van der Waals surface area contributed by atoms with Gasteiger partial charge in [-0.1, -0.05) is 48.5 Å². The number of para-hydroxylation sites is 1. The Kier molecular flexibility index (Phi) is 6.64. The Morgan fingerprint density at radius 3 is 2.36 bits per heavy atom. The van der Waals surface area contributed by atoms with Crippen molar-refractivity contribution in [2.45, 2.75) is 24.0 Å². The van der Waals surface area contributed by atoms with Gasteiger partial charge < -0.3 is 9.64 Å². The number of carbonyl (C=O) groups excluding carboxylic acids is 1. The van der Waals surface area contributed by atoms with Crippen molar-refractivity contribution in [3.05, 3.63) is 90.0 Å². The van der Waals surface area contributed by atoms with Crippen molar-refractivity contribution in [3.8, 4) is 5.75 Å². The summed E-state index contributed by atoms with van der Waals surface area (Å²) in [7, 11) is -2.58. The first-order chi connectivity index (χ1) is 15.9. The molecule has 1 unspecified atom stereocenters. The van der Waals surface area contributed by atoms with E-state index in [1.165, 1.54) is 19.2 Å². The van der Waals surface area contributed by atoms with Gasteiger partial charge in [-0.2, -0.15) is 4.31 Å². The molecule has 1 amide bonds. The number of sulfonamides is 1. The molecule has 1 aliphatic heterocycles. The van der Waals surface area contributed by atoms with Crippen LogP contribution in [0.4, 0.5) is 5.69 Å². The smallest absolute Gasteiger partial charge is 0.263 e. The van der Waals surface area contributed by atoms with Crippen LogP contribution in [0, 0.1) is 0 Å². The van der Waals surface area contributed by atoms with Gasteiger partial charge in [0.05, 0.1) is 12.0 Å². The molecule has 8 nitrogen and oxygen atoms in total. The molecule has 1 atom stereocenters. The minimum atomic E-state index is -4.07. The molecule has 2 N–H and O–H groups in total. The summed E-state index contributed by atoms with van der Waals surface area (Å²) in [6.07, 6.45) is 0. The maximum atomic E-state index is 13.7. The highest BCUT2D eigenvalue weighted by Gasteiger charge is 2.40. The van der Waals surface area contributed by atoms with Gasteiger partial charge in [0.25, 0.3) is 5.91 Å². The van der Waals surface area contributed by atoms with E-state index in [0.29, 0.717) is 12.3 Å². The molecule has 0 radical (unpaired) electrons. The highest BCUT2D eigenvalue weighted by Crippen LogP contribution is 2.32. The van der Waals surface area contributed by atoms with Gasteiger partial charge in [-0.05, 0) is 41.5 Å². The molecular weight excluding hydrogens is 442 g/mol. The molecule has 0 bridgehead atoms. The number of fused-ring (bicyclic) bond motifs is 1. The molecule has 33 heavy (non-hydrogen) atoms. The summed E-state index contributed by atoms with van der Waals surface area (Å²) >= 11 is 0. The minimum absolute atomic E-state index is 0.0199. The second-order valence-corrected chi connectivity index (χ2v) is 9.60. The lowest BCUT2D eigenvalue weighted by Crippen LogP contribution is -2.52. The Labute approximate surface area is 193 Å². The first kappa shape index (κ1) is 22.8. The van der Waals surface area contributed by atoms with Gasteiger partial charge in [-0.3, -0.25) is 10.0 Å². The number of anilines is 1. The van der Waals surface area contributed by atoms with Crippen molar-refractivity contribution in [2.75, 3.05) is 18.6 Å². The SMILES string of the molecule is COc1ccc(S(=O)(=O)N2Cc3ccccc3N(Cc3ccccc3)CC2C(=O)NO)cc1. The van der Waals surface area contributed by atoms with Crippen molar-refractivity contribution < 1.29 is 23.2 Å². The number of carbonyl (C=O) groups is 1. The van der Waals surface area contributed by atoms with Gasteiger partial charge in [-0.15, -0.1) is 0 Å². The highest BCUT2D eigenvalue weighted by atomic mass is 32.2. The quantitative estimate of drug-likeness (QED) is 0.427. The van der Waals surface area contributed by atoms with Crippen molar-refractivity contribution in [1.82, 2.24) is 9.79 Å². The van der Waals surface area contributed by atoms with Gasteiger partial charge in [0, 0.05) is 25.3 Å². The van der Waals surface area contributed by atoms with E-state index in [2.05, 4.69) is 0 Å². The first-order valence-electron chi connectivity index (χ1n) is 10.4. The third-order valence-corrected chi connectivity index (χ3v) is 7.56. The lowest BCUT2D eigenvalue weighted by atomic mass is 10.1. The Hall–Kier alpha value is -3.40. The third-order valence-electron chi connectivity index (χ3n) is 5.69. The van der Waals surface area contributed by atoms with Crippen LogP contribution in [0.15, 0.2) is 83.8 Å². The Morgan fingerprint density at radius 1 is 1.03 bits per heavy atom. The van der Waals surface area contributed by atoms with Crippen LogP contribution < -0.4 is 15.1 Å². The molecule has 3 aromatic carbocycles. The molecule has 1 aliphatic rings. The number of amides is 1. The average molecular weight is 468 g/mol. The molecule has 0 saturated heterocycles. The van der Waals surface area contributed by atoms with Crippen LogP contribution in [0.1, 0.15) is 11.1 Å². The normalized spacial score (nSPS) is 16.5. The summed E-state index contributed by atoms with van der Waals surface area (Å²) in [5.74, 6) is -0.271. The summed E-state index contributed by atoms with van der Waals surface area (Å²) in [5.41, 5.74) is 4.27. The van der Waals surface area contributed by atoms with Crippen LogP contribution in [0.2, 0.25) is 0 Å². The molecule has 0 fully saturated rings. The number of rotatable bonds is 6. The number of benzene rings is 3. The lowest BCUT2D eigenvalue weighted by molar-refractivity contribution is -0.133. The summed E-state index contributed by atoms with van der Waals surface area (Å²) < 4.78 is 33.6. The maximum absolute atomic E-state index is 13.7. The summed E-state index contributed by atoms with van der Waals surface area (Å²) in [6, 6.07) is 22.1. The molecule has 4 rings (SSSR count). The van der Waals surface area contributed by atoms with E-state index in [9.17, 15) is 18.4 Å². The second kappa shape index (κ2) is 9.62. The fourth-order valence-corrected chi connectivity index (χ4v) is 5.56. The summed E-state index contributed by atoms with van der Waals surface area (Å²) in [6.45, 7) is 0.519. The van der Waals surface area contributed by atoms with Crippen molar-refractivity contribution in [2.24, 2.45) is 0 Å². The van der Waals surface area contributed by atoms with E-state index in [1.807, 2.05) is 59.5 Å². The van der Waals surface area contributed by atoms with E-state index in [-0.39, 0.29) is 18.0 Å². The standard InChI is InChI=1S/C24H25N3O5S/c1-32-20-11-13-21(14-12-20)33(30,31)27-16-19-9-5-6-10-22(19)26(17-23(27)24(28)25-29)15-18-7-3-2-4-8-18/h2-14,23,29H,15-17H2,1H3,(H,25,28). The molecule has 172 valence electrons. The number of hydrogen-bond donors (Lipinski definition) is 2.